The molecule has 21 heavy (non-hydrogen) atoms. The quantitative estimate of drug-likeness (QED) is 0.602. The molecule has 2 aromatic carbocycles. The molecule has 0 saturated heterocycles. The Bertz CT molecular complexity index is 573. The summed E-state index contributed by atoms with van der Waals surface area (Å²) in [5, 5.41) is 2.47. The first-order valence-electron chi connectivity index (χ1n) is 6.55. The van der Waals surface area contributed by atoms with E-state index in [1.807, 2.05) is 48.5 Å². The Balaban J connectivity index is 1.94. The van der Waals surface area contributed by atoms with Crippen LogP contribution in [0.4, 0.5) is 5.69 Å². The van der Waals surface area contributed by atoms with Gasteiger partial charge in [0, 0.05) is 6.42 Å². The largest absolute Gasteiger partial charge is 0.354 e. The summed E-state index contributed by atoms with van der Waals surface area (Å²) in [4.78, 5) is 27.7. The number of amides is 1. The van der Waals surface area contributed by atoms with Crippen molar-refractivity contribution >= 4 is 18.1 Å². The monoisotopic (exact) mass is 284 g/mol. The Hall–Kier alpha value is -2.82. The van der Waals surface area contributed by atoms with Crippen molar-refractivity contribution in [2.45, 2.75) is 12.5 Å². The molecule has 0 fully saturated rings. The van der Waals surface area contributed by atoms with Crippen molar-refractivity contribution in [1.29, 1.82) is 0 Å². The second-order valence-electron chi connectivity index (χ2n) is 4.42. The first kappa shape index (κ1) is 14.6. The Morgan fingerprint density at radius 2 is 1.67 bits per heavy atom. The van der Waals surface area contributed by atoms with E-state index in [-0.39, 0.29) is 0 Å². The molecule has 1 amide bonds. The van der Waals surface area contributed by atoms with Gasteiger partial charge in [0.1, 0.15) is 6.04 Å². The second kappa shape index (κ2) is 7.69. The molecule has 0 aromatic heterocycles. The molecule has 0 heterocycles. The van der Waals surface area contributed by atoms with Crippen molar-refractivity contribution in [3.05, 3.63) is 66.2 Å². The van der Waals surface area contributed by atoms with Gasteiger partial charge in [-0.2, -0.15) is 0 Å². The Morgan fingerprint density at radius 3 is 2.29 bits per heavy atom. The van der Waals surface area contributed by atoms with Crippen LogP contribution in [0.15, 0.2) is 60.7 Å². The topological polar surface area (TPSA) is 67.4 Å². The summed E-state index contributed by atoms with van der Waals surface area (Å²) in [6, 6.07) is 17.7. The number of carbonyl (C=O) groups is 2. The number of anilines is 1. The lowest BCUT2D eigenvalue weighted by atomic mass is 10.1. The van der Waals surface area contributed by atoms with E-state index in [2.05, 4.69) is 10.8 Å². The van der Waals surface area contributed by atoms with Gasteiger partial charge in [-0.25, -0.2) is 10.3 Å². The Morgan fingerprint density at radius 1 is 1.05 bits per heavy atom. The predicted molar refractivity (Wildman–Crippen MR) is 79.3 cm³/mol. The zero-order chi connectivity index (χ0) is 14.9. The highest BCUT2D eigenvalue weighted by Gasteiger charge is 2.20. The number of hydrogen-bond donors (Lipinski definition) is 2. The number of hydrogen-bond acceptors (Lipinski definition) is 4. The van der Waals surface area contributed by atoms with Crippen molar-refractivity contribution in [3.63, 3.8) is 0 Å². The molecule has 5 heteroatoms. The van der Waals surface area contributed by atoms with E-state index in [1.165, 1.54) is 0 Å². The molecule has 0 aliphatic carbocycles. The minimum atomic E-state index is -0.735. The fourth-order valence-corrected chi connectivity index (χ4v) is 1.83. The molecule has 2 rings (SSSR count). The Kier molecular flexibility index (Phi) is 5.34. The third-order valence-electron chi connectivity index (χ3n) is 2.88. The highest BCUT2D eigenvalue weighted by atomic mass is 16.7. The van der Waals surface area contributed by atoms with Gasteiger partial charge in [0.25, 0.3) is 0 Å². The maximum Gasteiger partial charge on any atom is 0.354 e. The number of nitrogens with one attached hydrogen (secondary N) is 2. The Labute approximate surface area is 122 Å². The van der Waals surface area contributed by atoms with Crippen molar-refractivity contribution < 1.29 is 14.4 Å². The van der Waals surface area contributed by atoms with Crippen molar-refractivity contribution in [3.8, 4) is 0 Å². The first-order valence-corrected chi connectivity index (χ1v) is 6.55. The lowest BCUT2D eigenvalue weighted by Gasteiger charge is -2.15. The minimum absolute atomic E-state index is 0.370. The van der Waals surface area contributed by atoms with Gasteiger partial charge in [-0.05, 0) is 17.7 Å². The lowest BCUT2D eigenvalue weighted by molar-refractivity contribution is -0.144. The van der Waals surface area contributed by atoms with E-state index < -0.39 is 12.0 Å². The first-order chi connectivity index (χ1) is 10.3. The average molecular weight is 284 g/mol. The zero-order valence-corrected chi connectivity index (χ0v) is 11.4. The van der Waals surface area contributed by atoms with Crippen LogP contribution in [-0.4, -0.2) is 18.4 Å². The summed E-state index contributed by atoms with van der Waals surface area (Å²) < 4.78 is 0. The van der Waals surface area contributed by atoms with Crippen molar-refractivity contribution in [2.75, 3.05) is 5.48 Å². The fraction of sp³-hybridized carbons (Fsp3) is 0.125. The van der Waals surface area contributed by atoms with E-state index in [1.54, 1.807) is 12.1 Å². The zero-order valence-electron chi connectivity index (χ0n) is 11.4. The van der Waals surface area contributed by atoms with Gasteiger partial charge >= 0.3 is 5.97 Å². The highest BCUT2D eigenvalue weighted by Crippen LogP contribution is 2.07. The number of benzene rings is 2. The lowest BCUT2D eigenvalue weighted by Crippen LogP contribution is -2.39. The molecule has 5 nitrogen and oxygen atoms in total. The van der Waals surface area contributed by atoms with Crippen LogP contribution in [0.3, 0.4) is 0 Å². The third-order valence-corrected chi connectivity index (χ3v) is 2.88. The van der Waals surface area contributed by atoms with E-state index >= 15 is 0 Å². The number of carbonyl (C=O) groups excluding carboxylic acids is 2. The van der Waals surface area contributed by atoms with Gasteiger partial charge in [0.05, 0.1) is 5.69 Å². The summed E-state index contributed by atoms with van der Waals surface area (Å²) in [7, 11) is 0. The van der Waals surface area contributed by atoms with Crippen molar-refractivity contribution in [2.24, 2.45) is 0 Å². The van der Waals surface area contributed by atoms with Crippen LogP contribution in [0.1, 0.15) is 5.56 Å². The molecule has 0 spiro atoms. The minimum Gasteiger partial charge on any atom is -0.345 e. The number of rotatable bonds is 7. The summed E-state index contributed by atoms with van der Waals surface area (Å²) in [6.45, 7) is 0. The van der Waals surface area contributed by atoms with E-state index in [4.69, 9.17) is 4.84 Å². The summed E-state index contributed by atoms with van der Waals surface area (Å²) >= 11 is 0. The van der Waals surface area contributed by atoms with Crippen LogP contribution in [0, 0.1) is 0 Å². The van der Waals surface area contributed by atoms with E-state index in [0.717, 1.165) is 5.56 Å². The van der Waals surface area contributed by atoms with Gasteiger partial charge in [0.15, 0.2) is 0 Å². The molecule has 0 unspecified atom stereocenters. The highest BCUT2D eigenvalue weighted by molar-refractivity contribution is 5.79. The standard InChI is InChI=1S/C16H16N2O3/c19-12-17-15(11-13-7-3-1-4-8-13)16(20)21-18-14-9-5-2-6-10-14/h1-10,12,15,18H,11H2,(H,17,19)/t15-/m0/s1. The van der Waals surface area contributed by atoms with Gasteiger partial charge < -0.3 is 10.2 Å². The summed E-state index contributed by atoms with van der Waals surface area (Å²) in [6.07, 6.45) is 0.867. The second-order valence-corrected chi connectivity index (χ2v) is 4.42. The molecule has 0 aliphatic heterocycles. The molecule has 1 atom stereocenters. The summed E-state index contributed by atoms with van der Waals surface area (Å²) in [5.74, 6) is -0.546. The SMILES string of the molecule is O=CN[C@@H](Cc1ccccc1)C(=O)ONc1ccccc1. The third kappa shape index (κ3) is 4.65. The number of para-hydroxylation sites is 1. The van der Waals surface area contributed by atoms with Crippen LogP contribution >= 0.6 is 0 Å². The van der Waals surface area contributed by atoms with Crippen LogP contribution in [0.5, 0.6) is 0 Å². The van der Waals surface area contributed by atoms with Crippen molar-refractivity contribution in [1.82, 2.24) is 5.32 Å². The van der Waals surface area contributed by atoms with Gasteiger partial charge in [-0.15, -0.1) is 0 Å². The molecule has 2 N–H and O–H groups in total. The molecular weight excluding hydrogens is 268 g/mol. The fourth-order valence-electron chi connectivity index (χ4n) is 1.83. The van der Waals surface area contributed by atoms with Gasteiger partial charge in [0.2, 0.25) is 6.41 Å². The molecular formula is C16H16N2O3. The predicted octanol–water partition coefficient (Wildman–Crippen LogP) is 1.91. The van der Waals surface area contributed by atoms with Crippen LogP contribution < -0.4 is 10.8 Å². The average Bonchev–Trinajstić information content (AvgIpc) is 2.54. The molecule has 0 bridgehead atoms. The maximum atomic E-state index is 12.0. The molecule has 0 radical (unpaired) electrons. The molecule has 2 aromatic rings. The molecule has 108 valence electrons. The van der Waals surface area contributed by atoms with E-state index in [9.17, 15) is 9.59 Å². The van der Waals surface area contributed by atoms with Crippen LogP contribution in [0.2, 0.25) is 0 Å². The van der Waals surface area contributed by atoms with Crippen LogP contribution in [-0.2, 0) is 20.8 Å². The summed E-state index contributed by atoms with van der Waals surface area (Å²) in [5.41, 5.74) is 4.16. The smallest absolute Gasteiger partial charge is 0.345 e. The van der Waals surface area contributed by atoms with E-state index in [0.29, 0.717) is 18.5 Å². The molecule has 0 saturated carbocycles. The van der Waals surface area contributed by atoms with Gasteiger partial charge in [-0.3, -0.25) is 4.79 Å². The van der Waals surface area contributed by atoms with Gasteiger partial charge in [-0.1, -0.05) is 48.5 Å². The maximum absolute atomic E-state index is 12.0. The normalized spacial score (nSPS) is 11.2. The van der Waals surface area contributed by atoms with Crippen LogP contribution in [0.25, 0.3) is 0 Å². The molecule has 0 aliphatic rings.